The zero-order valence-corrected chi connectivity index (χ0v) is 20.3. The van der Waals surface area contributed by atoms with E-state index in [2.05, 4.69) is 57.3 Å². The molecule has 0 saturated heterocycles. The molecule has 0 aliphatic heterocycles. The molecule has 0 spiro atoms. The minimum Gasteiger partial charge on any atom is -0.487 e. The van der Waals surface area contributed by atoms with Gasteiger partial charge in [0.25, 0.3) is 0 Å². The second-order valence-electron chi connectivity index (χ2n) is 6.42. The van der Waals surface area contributed by atoms with E-state index in [-0.39, 0.29) is 12.2 Å². The first-order chi connectivity index (χ1) is 14.9. The number of ether oxygens (including phenoxy) is 1. The minimum absolute atomic E-state index is 0.171. The normalized spacial score (nSPS) is 10.8. The van der Waals surface area contributed by atoms with Crippen LogP contribution in [0.5, 0.6) is 5.75 Å². The Labute approximate surface area is 206 Å². The van der Waals surface area contributed by atoms with Crippen LogP contribution in [0.25, 0.3) is 11.6 Å². The standard InChI is InChI=1S/C24H14I2N2O3/c25-21-10-15(9-20(13-28)16-5-7-17(8-6-16)24(29)30)11-22(26)23(21)31-14-19-4-2-1-3-18(19)12-27/h1-11H,14H2,(H,29,30)/b20-9-. The van der Waals surface area contributed by atoms with Crippen LogP contribution < -0.4 is 4.74 Å². The third-order valence-corrected chi connectivity index (χ3v) is 6.01. The maximum atomic E-state index is 11.0. The summed E-state index contributed by atoms with van der Waals surface area (Å²) in [5.74, 6) is -0.290. The molecule has 3 aromatic carbocycles. The maximum absolute atomic E-state index is 11.0. The van der Waals surface area contributed by atoms with Crippen molar-refractivity contribution < 1.29 is 14.6 Å². The Balaban J connectivity index is 1.86. The Hall–Kier alpha value is -2.89. The van der Waals surface area contributed by atoms with Crippen molar-refractivity contribution in [2.24, 2.45) is 0 Å². The molecule has 0 amide bonds. The van der Waals surface area contributed by atoms with Crippen LogP contribution in [0.4, 0.5) is 0 Å². The van der Waals surface area contributed by atoms with Gasteiger partial charge >= 0.3 is 5.97 Å². The average Bonchev–Trinajstić information content (AvgIpc) is 2.77. The SMILES string of the molecule is N#C/C(=C/c1cc(I)c(OCc2ccccc2C#N)c(I)c1)c1ccc(C(=O)O)cc1. The Kier molecular flexibility index (Phi) is 7.66. The highest BCUT2D eigenvalue weighted by molar-refractivity contribution is 14.1. The highest BCUT2D eigenvalue weighted by Gasteiger charge is 2.11. The second-order valence-corrected chi connectivity index (χ2v) is 8.75. The Morgan fingerprint density at radius 3 is 2.19 bits per heavy atom. The van der Waals surface area contributed by atoms with Gasteiger partial charge in [-0.25, -0.2) is 4.79 Å². The third-order valence-electron chi connectivity index (χ3n) is 4.40. The summed E-state index contributed by atoms with van der Waals surface area (Å²) in [7, 11) is 0. The number of allylic oxidation sites excluding steroid dienone is 1. The minimum atomic E-state index is -1.01. The first-order valence-electron chi connectivity index (χ1n) is 8.98. The first-order valence-corrected chi connectivity index (χ1v) is 11.1. The molecule has 0 atom stereocenters. The summed E-state index contributed by atoms with van der Waals surface area (Å²) in [6.07, 6.45) is 1.76. The van der Waals surface area contributed by atoms with Gasteiger partial charge in [0.05, 0.1) is 36.0 Å². The number of halogens is 2. The number of aromatic carboxylic acids is 1. The number of hydrogen-bond acceptors (Lipinski definition) is 4. The van der Waals surface area contributed by atoms with E-state index in [1.807, 2.05) is 30.3 Å². The summed E-state index contributed by atoms with van der Waals surface area (Å²) in [5, 5.41) is 27.8. The molecule has 3 aromatic rings. The fourth-order valence-corrected chi connectivity index (χ4v) is 4.97. The van der Waals surface area contributed by atoms with E-state index in [9.17, 15) is 15.3 Å². The summed E-state index contributed by atoms with van der Waals surface area (Å²) in [5.41, 5.74) is 3.48. The monoisotopic (exact) mass is 632 g/mol. The van der Waals surface area contributed by atoms with Gasteiger partial charge in [-0.2, -0.15) is 10.5 Å². The number of carboxylic acids is 1. The van der Waals surface area contributed by atoms with Crippen LogP contribution in [0.2, 0.25) is 0 Å². The van der Waals surface area contributed by atoms with E-state index in [4.69, 9.17) is 9.84 Å². The van der Waals surface area contributed by atoms with Gasteiger partial charge in [-0.05, 0) is 92.7 Å². The Morgan fingerprint density at radius 2 is 1.61 bits per heavy atom. The topological polar surface area (TPSA) is 94.1 Å². The highest BCUT2D eigenvalue weighted by Crippen LogP contribution is 2.31. The van der Waals surface area contributed by atoms with Crippen LogP contribution in [-0.4, -0.2) is 11.1 Å². The molecule has 31 heavy (non-hydrogen) atoms. The zero-order chi connectivity index (χ0) is 22.4. The van der Waals surface area contributed by atoms with Gasteiger partial charge in [-0.15, -0.1) is 0 Å². The molecular weight excluding hydrogens is 618 g/mol. The van der Waals surface area contributed by atoms with Gasteiger partial charge in [-0.3, -0.25) is 0 Å². The van der Waals surface area contributed by atoms with E-state index in [0.29, 0.717) is 16.7 Å². The van der Waals surface area contributed by atoms with Gasteiger partial charge in [0.2, 0.25) is 0 Å². The van der Waals surface area contributed by atoms with Crippen molar-refractivity contribution in [1.82, 2.24) is 0 Å². The van der Waals surface area contributed by atoms with E-state index < -0.39 is 5.97 Å². The molecular formula is C24H14I2N2O3. The predicted octanol–water partition coefficient (Wildman–Crippen LogP) is 6.11. The molecule has 0 unspecified atom stereocenters. The number of nitrogens with zero attached hydrogens (tertiary/aromatic N) is 2. The molecule has 0 radical (unpaired) electrons. The molecule has 1 N–H and O–H groups in total. The van der Waals surface area contributed by atoms with Crippen molar-refractivity contribution in [2.75, 3.05) is 0 Å². The van der Waals surface area contributed by atoms with Crippen molar-refractivity contribution >= 4 is 62.8 Å². The van der Waals surface area contributed by atoms with Crippen molar-refractivity contribution in [3.05, 3.63) is 95.6 Å². The summed E-state index contributed by atoms with van der Waals surface area (Å²) in [4.78, 5) is 11.0. The highest BCUT2D eigenvalue weighted by atomic mass is 127. The van der Waals surface area contributed by atoms with Crippen LogP contribution in [0.1, 0.15) is 32.6 Å². The summed E-state index contributed by atoms with van der Waals surface area (Å²) in [6.45, 7) is 0.282. The predicted molar refractivity (Wildman–Crippen MR) is 134 cm³/mol. The number of carbonyl (C=O) groups is 1. The average molecular weight is 632 g/mol. The largest absolute Gasteiger partial charge is 0.487 e. The molecule has 0 saturated carbocycles. The fraction of sp³-hybridized carbons (Fsp3) is 0.0417. The Morgan fingerprint density at radius 1 is 1.00 bits per heavy atom. The van der Waals surface area contributed by atoms with Crippen LogP contribution in [0.15, 0.2) is 60.7 Å². The molecule has 7 heteroatoms. The van der Waals surface area contributed by atoms with Gasteiger partial charge < -0.3 is 9.84 Å². The number of rotatable bonds is 6. The van der Waals surface area contributed by atoms with Crippen molar-refractivity contribution in [1.29, 1.82) is 10.5 Å². The summed E-state index contributed by atoms with van der Waals surface area (Å²) in [6, 6.07) is 21.7. The summed E-state index contributed by atoms with van der Waals surface area (Å²) >= 11 is 4.37. The lowest BCUT2D eigenvalue weighted by atomic mass is 10.0. The van der Waals surface area contributed by atoms with Crippen LogP contribution in [0.3, 0.4) is 0 Å². The molecule has 0 aliphatic carbocycles. The van der Waals surface area contributed by atoms with Gasteiger partial charge in [-0.1, -0.05) is 30.3 Å². The third kappa shape index (κ3) is 5.63. The van der Waals surface area contributed by atoms with Gasteiger partial charge in [0, 0.05) is 5.56 Å². The quantitative estimate of drug-likeness (QED) is 0.201. The van der Waals surface area contributed by atoms with Crippen LogP contribution in [0, 0.1) is 29.8 Å². The van der Waals surface area contributed by atoms with E-state index >= 15 is 0 Å². The lowest BCUT2D eigenvalue weighted by Crippen LogP contribution is -2.01. The van der Waals surface area contributed by atoms with E-state index in [0.717, 1.165) is 24.0 Å². The van der Waals surface area contributed by atoms with Crippen molar-refractivity contribution in [3.63, 3.8) is 0 Å². The number of carboxylic acid groups (broad SMARTS) is 1. The molecule has 0 fully saturated rings. The van der Waals surface area contributed by atoms with Gasteiger partial charge in [0.15, 0.2) is 0 Å². The van der Waals surface area contributed by atoms with Crippen molar-refractivity contribution in [3.8, 4) is 17.9 Å². The molecule has 0 aromatic heterocycles. The van der Waals surface area contributed by atoms with Crippen molar-refractivity contribution in [2.45, 2.75) is 6.61 Å². The maximum Gasteiger partial charge on any atom is 0.335 e. The number of hydrogen-bond donors (Lipinski definition) is 1. The summed E-state index contributed by atoms with van der Waals surface area (Å²) < 4.78 is 7.75. The second kappa shape index (κ2) is 10.4. The molecule has 152 valence electrons. The fourth-order valence-electron chi connectivity index (χ4n) is 2.85. The van der Waals surface area contributed by atoms with E-state index in [1.54, 1.807) is 24.3 Å². The molecule has 5 nitrogen and oxygen atoms in total. The Bertz CT molecular complexity index is 1230. The number of nitriles is 2. The lowest BCUT2D eigenvalue weighted by Gasteiger charge is -2.12. The van der Waals surface area contributed by atoms with Crippen LogP contribution in [-0.2, 0) is 6.61 Å². The lowest BCUT2D eigenvalue weighted by molar-refractivity contribution is 0.0697. The van der Waals surface area contributed by atoms with E-state index in [1.165, 1.54) is 12.1 Å². The molecule has 0 aliphatic rings. The van der Waals surface area contributed by atoms with Gasteiger partial charge in [0.1, 0.15) is 12.4 Å². The first kappa shape index (κ1) is 22.8. The molecule has 0 bridgehead atoms. The zero-order valence-electron chi connectivity index (χ0n) is 16.0. The van der Waals surface area contributed by atoms with Crippen LogP contribution >= 0.6 is 45.2 Å². The smallest absolute Gasteiger partial charge is 0.335 e. The molecule has 3 rings (SSSR count). The number of benzene rings is 3. The molecule has 0 heterocycles.